The molecule has 3 rings (SSSR count). The van der Waals surface area contributed by atoms with Crippen LogP contribution >= 0.6 is 0 Å². The zero-order valence-corrected chi connectivity index (χ0v) is 13.0. The smallest absolute Gasteiger partial charge is 0.227 e. The summed E-state index contributed by atoms with van der Waals surface area (Å²) in [6.45, 7) is 3.59. The van der Waals surface area contributed by atoms with Crippen molar-refractivity contribution >= 4 is 5.91 Å². The Morgan fingerprint density at radius 3 is 3.00 bits per heavy atom. The molecule has 0 radical (unpaired) electrons. The van der Waals surface area contributed by atoms with Crippen molar-refractivity contribution in [2.24, 2.45) is 0 Å². The molecule has 0 aromatic carbocycles. The number of rotatable bonds is 4. The number of hydrogen-bond acceptors (Lipinski definition) is 3. The third-order valence-corrected chi connectivity index (χ3v) is 4.23. The summed E-state index contributed by atoms with van der Waals surface area (Å²) in [6.07, 6.45) is 9.31. The van der Waals surface area contributed by atoms with Gasteiger partial charge in [-0.2, -0.15) is 5.10 Å². The van der Waals surface area contributed by atoms with E-state index in [-0.39, 0.29) is 11.9 Å². The van der Waals surface area contributed by atoms with Crippen LogP contribution in [0.5, 0.6) is 0 Å². The molecule has 1 atom stereocenters. The molecule has 1 aliphatic heterocycles. The monoisotopic (exact) mass is 298 g/mol. The molecule has 0 aliphatic carbocycles. The van der Waals surface area contributed by atoms with Gasteiger partial charge in [0.15, 0.2) is 0 Å². The summed E-state index contributed by atoms with van der Waals surface area (Å²) in [5.41, 5.74) is 1.96. The van der Waals surface area contributed by atoms with E-state index in [4.69, 9.17) is 0 Å². The molecule has 5 nitrogen and oxygen atoms in total. The number of piperidine rings is 1. The lowest BCUT2D eigenvalue weighted by Gasteiger charge is -2.36. The summed E-state index contributed by atoms with van der Waals surface area (Å²) < 4.78 is 1.92. The van der Waals surface area contributed by atoms with Gasteiger partial charge in [-0.25, -0.2) is 0 Å². The number of carbonyl (C=O) groups excluding carboxylic acids is 1. The van der Waals surface area contributed by atoms with Crippen LogP contribution in [0.4, 0.5) is 0 Å². The van der Waals surface area contributed by atoms with E-state index in [2.05, 4.69) is 10.1 Å². The summed E-state index contributed by atoms with van der Waals surface area (Å²) in [4.78, 5) is 19.0. The summed E-state index contributed by atoms with van der Waals surface area (Å²) in [5, 5.41) is 4.27. The van der Waals surface area contributed by atoms with E-state index in [1.54, 1.807) is 12.4 Å². The molecule has 0 N–H and O–H groups in total. The number of aryl methyl sites for hydroxylation is 1. The van der Waals surface area contributed by atoms with Crippen LogP contribution in [0.2, 0.25) is 0 Å². The highest BCUT2D eigenvalue weighted by molar-refractivity contribution is 5.79. The van der Waals surface area contributed by atoms with Crippen LogP contribution in [-0.4, -0.2) is 38.2 Å². The minimum Gasteiger partial charge on any atom is -0.338 e. The predicted molar refractivity (Wildman–Crippen MR) is 84.3 cm³/mol. The lowest BCUT2D eigenvalue weighted by atomic mass is 10.0. The molecule has 5 heteroatoms. The molecule has 22 heavy (non-hydrogen) atoms. The molecule has 1 fully saturated rings. The summed E-state index contributed by atoms with van der Waals surface area (Å²) >= 11 is 0. The number of carbonyl (C=O) groups is 1. The highest BCUT2D eigenvalue weighted by atomic mass is 16.2. The highest BCUT2D eigenvalue weighted by Gasteiger charge is 2.27. The molecule has 3 heterocycles. The largest absolute Gasteiger partial charge is 0.338 e. The van der Waals surface area contributed by atoms with Gasteiger partial charge in [0.05, 0.1) is 19.0 Å². The molecule has 2 aromatic rings. The van der Waals surface area contributed by atoms with E-state index in [9.17, 15) is 4.79 Å². The van der Waals surface area contributed by atoms with Gasteiger partial charge in [0.25, 0.3) is 0 Å². The second kappa shape index (κ2) is 6.73. The van der Waals surface area contributed by atoms with Gasteiger partial charge in [0.2, 0.25) is 5.91 Å². The average Bonchev–Trinajstić information content (AvgIpc) is 3.03. The summed E-state index contributed by atoms with van der Waals surface area (Å²) in [7, 11) is 0. The van der Waals surface area contributed by atoms with Gasteiger partial charge >= 0.3 is 0 Å². The minimum absolute atomic E-state index is 0.197. The lowest BCUT2D eigenvalue weighted by molar-refractivity contribution is -0.134. The van der Waals surface area contributed by atoms with Crippen molar-refractivity contribution in [1.29, 1.82) is 0 Å². The summed E-state index contributed by atoms with van der Waals surface area (Å²) in [6, 6.07) is 6.12. The third-order valence-electron chi connectivity index (χ3n) is 4.23. The van der Waals surface area contributed by atoms with Gasteiger partial charge in [-0.3, -0.25) is 14.5 Å². The van der Waals surface area contributed by atoms with Crippen molar-refractivity contribution in [3.05, 3.63) is 48.0 Å². The molecule has 0 bridgehead atoms. The molecule has 2 aromatic heterocycles. The second-order valence-corrected chi connectivity index (χ2v) is 5.95. The van der Waals surface area contributed by atoms with Crippen LogP contribution in [0.1, 0.15) is 30.5 Å². The first-order valence-electron chi connectivity index (χ1n) is 7.91. The maximum atomic E-state index is 12.7. The van der Waals surface area contributed by atoms with E-state index >= 15 is 0 Å². The van der Waals surface area contributed by atoms with Gasteiger partial charge in [0, 0.05) is 30.8 Å². The van der Waals surface area contributed by atoms with Crippen LogP contribution in [0.3, 0.4) is 0 Å². The van der Waals surface area contributed by atoms with Gasteiger partial charge in [-0.05, 0) is 43.9 Å². The first-order valence-corrected chi connectivity index (χ1v) is 7.91. The van der Waals surface area contributed by atoms with Crippen LogP contribution in [0.15, 0.2) is 36.8 Å². The van der Waals surface area contributed by atoms with E-state index in [1.165, 1.54) is 6.42 Å². The highest BCUT2D eigenvalue weighted by Crippen LogP contribution is 2.19. The average molecular weight is 298 g/mol. The van der Waals surface area contributed by atoms with E-state index in [1.807, 2.05) is 40.9 Å². The van der Waals surface area contributed by atoms with E-state index in [0.717, 1.165) is 37.2 Å². The van der Waals surface area contributed by atoms with Crippen LogP contribution in [0, 0.1) is 6.92 Å². The Hall–Kier alpha value is -2.17. The molecule has 1 aliphatic rings. The number of amides is 1. The molecular weight excluding hydrogens is 276 g/mol. The van der Waals surface area contributed by atoms with Crippen molar-refractivity contribution in [1.82, 2.24) is 19.7 Å². The molecule has 1 saturated heterocycles. The number of likely N-dealkylation sites (tertiary alicyclic amines) is 1. The molecule has 116 valence electrons. The third kappa shape index (κ3) is 3.53. The van der Waals surface area contributed by atoms with Crippen molar-refractivity contribution in [2.45, 2.75) is 45.2 Å². The quantitative estimate of drug-likeness (QED) is 0.869. The van der Waals surface area contributed by atoms with Gasteiger partial charge < -0.3 is 4.90 Å². The fourth-order valence-corrected chi connectivity index (χ4v) is 3.02. The Balaban J connectivity index is 1.66. The normalized spacial score (nSPS) is 18.4. The van der Waals surface area contributed by atoms with Crippen LogP contribution in [0.25, 0.3) is 0 Å². The molecule has 0 saturated carbocycles. The molecule has 0 spiro atoms. The van der Waals surface area contributed by atoms with Crippen molar-refractivity contribution in [3.63, 3.8) is 0 Å². The fraction of sp³-hybridized carbons (Fsp3) is 0.471. The Kier molecular flexibility index (Phi) is 4.51. The Morgan fingerprint density at radius 1 is 1.36 bits per heavy atom. The zero-order valence-electron chi connectivity index (χ0n) is 13.0. The van der Waals surface area contributed by atoms with Crippen molar-refractivity contribution < 1.29 is 4.79 Å². The second-order valence-electron chi connectivity index (χ2n) is 5.95. The SMILES string of the molecule is Cc1ccc(CC(=O)N2CCCCC2Cn2cccn2)cn1. The minimum atomic E-state index is 0.197. The Morgan fingerprint density at radius 2 is 2.27 bits per heavy atom. The maximum Gasteiger partial charge on any atom is 0.227 e. The first kappa shape index (κ1) is 14.8. The molecular formula is C17H22N4O. The van der Waals surface area contributed by atoms with Crippen molar-refractivity contribution in [3.8, 4) is 0 Å². The van der Waals surface area contributed by atoms with Gasteiger partial charge in [0.1, 0.15) is 0 Å². The van der Waals surface area contributed by atoms with E-state index < -0.39 is 0 Å². The number of aromatic nitrogens is 3. The summed E-state index contributed by atoms with van der Waals surface area (Å²) in [5.74, 6) is 0.197. The van der Waals surface area contributed by atoms with Gasteiger partial charge in [-0.15, -0.1) is 0 Å². The number of pyridine rings is 1. The first-order chi connectivity index (χ1) is 10.7. The Labute approximate surface area is 131 Å². The molecule has 1 amide bonds. The topological polar surface area (TPSA) is 51.0 Å². The Bertz CT molecular complexity index is 606. The predicted octanol–water partition coefficient (Wildman–Crippen LogP) is 2.21. The van der Waals surface area contributed by atoms with Crippen LogP contribution in [-0.2, 0) is 17.8 Å². The van der Waals surface area contributed by atoms with Crippen LogP contribution < -0.4 is 0 Å². The zero-order chi connectivity index (χ0) is 15.4. The maximum absolute atomic E-state index is 12.7. The number of hydrogen-bond donors (Lipinski definition) is 0. The standard InChI is InChI=1S/C17H22N4O/c1-14-6-7-15(12-18-14)11-17(22)21-10-3-2-5-16(21)13-20-9-4-8-19-20/h4,6-9,12,16H,2-3,5,10-11,13H2,1H3. The van der Waals surface area contributed by atoms with Gasteiger partial charge in [-0.1, -0.05) is 6.07 Å². The van der Waals surface area contributed by atoms with Crippen molar-refractivity contribution in [2.75, 3.05) is 6.54 Å². The molecule has 1 unspecified atom stereocenters. The number of nitrogens with zero attached hydrogens (tertiary/aromatic N) is 4. The lowest BCUT2D eigenvalue weighted by Crippen LogP contribution is -2.46. The fourth-order valence-electron chi connectivity index (χ4n) is 3.02. The van der Waals surface area contributed by atoms with E-state index in [0.29, 0.717) is 6.42 Å².